The van der Waals surface area contributed by atoms with Crippen molar-refractivity contribution >= 4 is 26.5 Å². The fourth-order valence-electron chi connectivity index (χ4n) is 3.27. The molecule has 0 aromatic heterocycles. The molecule has 1 aliphatic heterocycles. The Labute approximate surface area is 142 Å². The molecule has 0 atom stereocenters. The van der Waals surface area contributed by atoms with E-state index in [9.17, 15) is 8.42 Å². The zero-order valence-corrected chi connectivity index (χ0v) is 14.2. The molecule has 0 saturated carbocycles. The fraction of sp³-hybridized carbons (Fsp3) is 0.200. The average Bonchev–Trinajstić information content (AvgIpc) is 2.61. The van der Waals surface area contributed by atoms with Crippen molar-refractivity contribution in [2.24, 2.45) is 0 Å². The number of nitrogens with zero attached hydrogens (tertiary/aromatic N) is 1. The second-order valence-electron chi connectivity index (χ2n) is 6.20. The lowest BCUT2D eigenvalue weighted by Gasteiger charge is -2.28. The van der Waals surface area contributed by atoms with Crippen LogP contribution in [0.4, 0.5) is 5.69 Å². The van der Waals surface area contributed by atoms with Crippen molar-refractivity contribution in [3.63, 3.8) is 0 Å². The molecule has 3 aromatic carbocycles. The molecule has 1 aliphatic rings. The summed E-state index contributed by atoms with van der Waals surface area (Å²) >= 11 is 0. The highest BCUT2D eigenvalue weighted by atomic mass is 32.2. The molecule has 0 bridgehead atoms. The Morgan fingerprint density at radius 2 is 1.46 bits per heavy atom. The van der Waals surface area contributed by atoms with Gasteiger partial charge in [-0.05, 0) is 52.9 Å². The molecule has 0 unspecified atom stereocenters. The van der Waals surface area contributed by atoms with E-state index in [2.05, 4.69) is 30.3 Å². The third kappa shape index (κ3) is 2.78. The van der Waals surface area contributed by atoms with E-state index < -0.39 is 10.0 Å². The van der Waals surface area contributed by atoms with E-state index in [-0.39, 0.29) is 5.75 Å². The van der Waals surface area contributed by atoms with Crippen LogP contribution in [0.1, 0.15) is 12.8 Å². The van der Waals surface area contributed by atoms with Crippen LogP contribution >= 0.6 is 0 Å². The summed E-state index contributed by atoms with van der Waals surface area (Å²) in [5, 5.41) is 2.43. The molecular weight excluding hydrogens is 318 g/mol. The van der Waals surface area contributed by atoms with E-state index in [1.807, 2.05) is 36.4 Å². The molecule has 1 fully saturated rings. The minimum Gasteiger partial charge on any atom is -0.270 e. The summed E-state index contributed by atoms with van der Waals surface area (Å²) in [4.78, 5) is 0. The van der Waals surface area contributed by atoms with E-state index >= 15 is 0 Å². The zero-order chi connectivity index (χ0) is 16.6. The lowest BCUT2D eigenvalue weighted by Crippen LogP contribution is -2.37. The first-order valence-electron chi connectivity index (χ1n) is 8.23. The topological polar surface area (TPSA) is 37.4 Å². The normalized spacial score (nSPS) is 17.1. The van der Waals surface area contributed by atoms with Crippen molar-refractivity contribution in [3.8, 4) is 11.1 Å². The quantitative estimate of drug-likeness (QED) is 0.693. The van der Waals surface area contributed by atoms with Gasteiger partial charge in [0, 0.05) is 6.54 Å². The van der Waals surface area contributed by atoms with Gasteiger partial charge in [-0.25, -0.2) is 8.42 Å². The van der Waals surface area contributed by atoms with Gasteiger partial charge < -0.3 is 0 Å². The molecule has 3 aromatic rings. The molecule has 24 heavy (non-hydrogen) atoms. The van der Waals surface area contributed by atoms with Gasteiger partial charge in [0.2, 0.25) is 10.0 Å². The molecule has 0 amide bonds. The number of hydrogen-bond donors (Lipinski definition) is 0. The molecule has 122 valence electrons. The highest BCUT2D eigenvalue weighted by Gasteiger charge is 2.25. The third-order valence-corrected chi connectivity index (χ3v) is 6.46. The van der Waals surface area contributed by atoms with Crippen molar-refractivity contribution < 1.29 is 8.42 Å². The smallest absolute Gasteiger partial charge is 0.235 e. The van der Waals surface area contributed by atoms with Gasteiger partial charge in [-0.1, -0.05) is 48.5 Å². The van der Waals surface area contributed by atoms with Gasteiger partial charge in [-0.3, -0.25) is 4.31 Å². The number of fused-ring (bicyclic) bond motifs is 1. The molecule has 4 heteroatoms. The number of benzene rings is 3. The van der Waals surface area contributed by atoms with E-state index in [0.717, 1.165) is 29.7 Å². The van der Waals surface area contributed by atoms with Crippen LogP contribution < -0.4 is 4.31 Å². The van der Waals surface area contributed by atoms with E-state index in [0.29, 0.717) is 6.54 Å². The molecule has 4 rings (SSSR count). The standard InChI is InChI=1S/C20H19NO2S/c22-24(23)14-4-3-13-21(24)20-11-9-17(10-12-20)19-8-7-16-5-1-2-6-18(16)15-19/h1-2,5-12,15H,3-4,13-14H2. The van der Waals surface area contributed by atoms with Gasteiger partial charge >= 0.3 is 0 Å². The minimum absolute atomic E-state index is 0.249. The maximum atomic E-state index is 12.2. The zero-order valence-electron chi connectivity index (χ0n) is 13.4. The molecule has 1 heterocycles. The lowest BCUT2D eigenvalue weighted by molar-refractivity contribution is 0.574. The third-order valence-electron chi connectivity index (χ3n) is 4.59. The molecule has 3 nitrogen and oxygen atoms in total. The molecule has 0 spiro atoms. The van der Waals surface area contributed by atoms with Crippen molar-refractivity contribution in [2.45, 2.75) is 12.8 Å². The van der Waals surface area contributed by atoms with Crippen LogP contribution in [-0.4, -0.2) is 20.7 Å². The number of rotatable bonds is 2. The number of anilines is 1. The largest absolute Gasteiger partial charge is 0.270 e. The Kier molecular flexibility index (Phi) is 3.77. The molecule has 0 N–H and O–H groups in total. The van der Waals surface area contributed by atoms with E-state index in [1.165, 1.54) is 10.8 Å². The van der Waals surface area contributed by atoms with Gasteiger partial charge in [0.1, 0.15) is 0 Å². The molecule has 0 radical (unpaired) electrons. The Balaban J connectivity index is 1.67. The van der Waals surface area contributed by atoms with Crippen molar-refractivity contribution in [3.05, 3.63) is 66.7 Å². The van der Waals surface area contributed by atoms with Crippen LogP contribution in [0.15, 0.2) is 66.7 Å². The summed E-state index contributed by atoms with van der Waals surface area (Å²) in [7, 11) is -3.15. The maximum Gasteiger partial charge on any atom is 0.235 e. The summed E-state index contributed by atoms with van der Waals surface area (Å²) in [6.45, 7) is 0.581. The van der Waals surface area contributed by atoms with Crippen molar-refractivity contribution in [1.29, 1.82) is 0 Å². The average molecular weight is 337 g/mol. The van der Waals surface area contributed by atoms with Gasteiger partial charge in [0.15, 0.2) is 0 Å². The van der Waals surface area contributed by atoms with Crippen LogP contribution in [0.3, 0.4) is 0 Å². The van der Waals surface area contributed by atoms with Gasteiger partial charge in [0.25, 0.3) is 0 Å². The van der Waals surface area contributed by atoms with Crippen LogP contribution in [0.2, 0.25) is 0 Å². The highest BCUT2D eigenvalue weighted by Crippen LogP contribution is 2.28. The molecular formula is C20H19NO2S. The van der Waals surface area contributed by atoms with Crippen LogP contribution in [0.5, 0.6) is 0 Å². The summed E-state index contributed by atoms with van der Waals surface area (Å²) < 4.78 is 26.0. The first-order valence-corrected chi connectivity index (χ1v) is 9.84. The van der Waals surface area contributed by atoms with Gasteiger partial charge in [-0.2, -0.15) is 0 Å². The van der Waals surface area contributed by atoms with Crippen molar-refractivity contribution in [2.75, 3.05) is 16.6 Å². The second-order valence-corrected chi connectivity index (χ2v) is 8.22. The van der Waals surface area contributed by atoms with Gasteiger partial charge in [0.05, 0.1) is 11.4 Å². The van der Waals surface area contributed by atoms with Crippen LogP contribution in [0.25, 0.3) is 21.9 Å². The Morgan fingerprint density at radius 3 is 2.21 bits per heavy atom. The van der Waals surface area contributed by atoms with Crippen LogP contribution in [0, 0.1) is 0 Å². The lowest BCUT2D eigenvalue weighted by atomic mass is 10.0. The number of sulfonamides is 1. The van der Waals surface area contributed by atoms with Crippen molar-refractivity contribution in [1.82, 2.24) is 0 Å². The monoisotopic (exact) mass is 337 g/mol. The van der Waals surface area contributed by atoms with Gasteiger partial charge in [-0.15, -0.1) is 0 Å². The van der Waals surface area contributed by atoms with Crippen LogP contribution in [-0.2, 0) is 10.0 Å². The minimum atomic E-state index is -3.15. The van der Waals surface area contributed by atoms with E-state index in [1.54, 1.807) is 4.31 Å². The summed E-state index contributed by atoms with van der Waals surface area (Å²) in [5.74, 6) is 0.249. The fourth-order valence-corrected chi connectivity index (χ4v) is 4.91. The Hall–Kier alpha value is -2.33. The molecule has 1 saturated heterocycles. The SMILES string of the molecule is O=S1(=O)CCCCN1c1ccc(-c2ccc3ccccc3c2)cc1. The highest BCUT2D eigenvalue weighted by molar-refractivity contribution is 7.92. The first kappa shape index (κ1) is 15.2. The van der Waals surface area contributed by atoms with E-state index in [4.69, 9.17) is 0 Å². The Morgan fingerprint density at radius 1 is 0.750 bits per heavy atom. The predicted molar refractivity (Wildman–Crippen MR) is 99.8 cm³/mol. The second kappa shape index (κ2) is 5.95. The first-order chi connectivity index (χ1) is 11.6. The maximum absolute atomic E-state index is 12.2. The predicted octanol–water partition coefficient (Wildman–Crippen LogP) is 4.44. The molecule has 0 aliphatic carbocycles. The summed E-state index contributed by atoms with van der Waals surface area (Å²) in [6, 6.07) is 22.5. The summed E-state index contributed by atoms with van der Waals surface area (Å²) in [5.41, 5.74) is 3.00. The Bertz CT molecular complexity index is 978. The summed E-state index contributed by atoms with van der Waals surface area (Å²) in [6.07, 6.45) is 1.68. The number of hydrogen-bond acceptors (Lipinski definition) is 2.